The number of benzene rings is 1. The molecule has 1 aromatic heterocycles. The van der Waals surface area contributed by atoms with Gasteiger partial charge in [0.05, 0.1) is 7.11 Å². The summed E-state index contributed by atoms with van der Waals surface area (Å²) in [4.78, 5) is 11.9. The third-order valence-electron chi connectivity index (χ3n) is 3.41. The van der Waals surface area contributed by atoms with Gasteiger partial charge in [-0.3, -0.25) is 4.79 Å². The SMILES string of the molecule is COC(=O)C(c1cc(-c2ccc(Br)c(C)c2)no1)C(C)C. The first kappa shape index (κ1) is 15.8. The highest BCUT2D eigenvalue weighted by Crippen LogP contribution is 2.30. The molecule has 2 aromatic rings. The van der Waals surface area contributed by atoms with Crippen LogP contribution in [0.1, 0.15) is 31.1 Å². The van der Waals surface area contributed by atoms with Crippen LogP contribution in [-0.4, -0.2) is 18.2 Å². The number of ether oxygens (including phenoxy) is 1. The van der Waals surface area contributed by atoms with Gasteiger partial charge in [-0.1, -0.05) is 41.0 Å². The smallest absolute Gasteiger partial charge is 0.316 e. The fourth-order valence-electron chi connectivity index (χ4n) is 2.22. The molecule has 1 atom stereocenters. The number of carbonyl (C=O) groups is 1. The van der Waals surface area contributed by atoms with Crippen molar-refractivity contribution in [2.45, 2.75) is 26.7 Å². The molecule has 0 radical (unpaired) electrons. The summed E-state index contributed by atoms with van der Waals surface area (Å²) in [5, 5.41) is 4.08. The van der Waals surface area contributed by atoms with Crippen molar-refractivity contribution in [1.82, 2.24) is 5.16 Å². The summed E-state index contributed by atoms with van der Waals surface area (Å²) in [5.74, 6) is -0.134. The maximum Gasteiger partial charge on any atom is 0.316 e. The standard InChI is InChI=1S/C16H18BrNO3/c1-9(2)15(16(19)20-4)14-8-13(18-21-14)11-5-6-12(17)10(3)7-11/h5-9,15H,1-4H3. The molecule has 0 saturated heterocycles. The molecule has 0 amide bonds. The zero-order valence-corrected chi connectivity index (χ0v) is 14.1. The molecule has 0 bridgehead atoms. The van der Waals surface area contributed by atoms with E-state index in [1.165, 1.54) is 7.11 Å². The highest BCUT2D eigenvalue weighted by Gasteiger charge is 2.29. The summed E-state index contributed by atoms with van der Waals surface area (Å²) in [6.45, 7) is 5.92. The van der Waals surface area contributed by atoms with E-state index in [2.05, 4.69) is 21.1 Å². The highest BCUT2D eigenvalue weighted by molar-refractivity contribution is 9.10. The molecule has 0 fully saturated rings. The number of aromatic nitrogens is 1. The topological polar surface area (TPSA) is 52.3 Å². The predicted octanol–water partition coefficient (Wildman–Crippen LogP) is 4.33. The molecule has 0 aliphatic carbocycles. The second kappa shape index (κ2) is 6.43. The lowest BCUT2D eigenvalue weighted by Crippen LogP contribution is -2.18. The van der Waals surface area contributed by atoms with E-state index < -0.39 is 5.92 Å². The highest BCUT2D eigenvalue weighted by atomic mass is 79.9. The summed E-state index contributed by atoms with van der Waals surface area (Å²) in [5.41, 5.74) is 2.79. The predicted molar refractivity (Wildman–Crippen MR) is 84.0 cm³/mol. The zero-order valence-electron chi connectivity index (χ0n) is 12.5. The van der Waals surface area contributed by atoms with Gasteiger partial charge >= 0.3 is 5.97 Å². The Kier molecular flexibility index (Phi) is 4.83. The van der Waals surface area contributed by atoms with Gasteiger partial charge in [0.1, 0.15) is 11.6 Å². The first-order chi connectivity index (χ1) is 9.93. The Morgan fingerprint density at radius 1 is 1.33 bits per heavy atom. The quantitative estimate of drug-likeness (QED) is 0.769. The minimum absolute atomic E-state index is 0.0740. The molecule has 21 heavy (non-hydrogen) atoms. The zero-order chi connectivity index (χ0) is 15.6. The Balaban J connectivity index is 2.36. The molecule has 1 aromatic carbocycles. The van der Waals surface area contributed by atoms with Crippen LogP contribution in [0.4, 0.5) is 0 Å². The summed E-state index contributed by atoms with van der Waals surface area (Å²) >= 11 is 3.47. The van der Waals surface area contributed by atoms with E-state index in [0.29, 0.717) is 5.76 Å². The van der Waals surface area contributed by atoms with E-state index in [1.54, 1.807) is 0 Å². The van der Waals surface area contributed by atoms with Crippen molar-refractivity contribution < 1.29 is 14.1 Å². The van der Waals surface area contributed by atoms with Crippen LogP contribution in [0, 0.1) is 12.8 Å². The van der Waals surface area contributed by atoms with Crippen molar-refractivity contribution in [3.63, 3.8) is 0 Å². The maximum absolute atomic E-state index is 11.9. The molecule has 0 aliphatic heterocycles. The molecular formula is C16H18BrNO3. The van der Waals surface area contributed by atoms with E-state index in [-0.39, 0.29) is 11.9 Å². The third-order valence-corrected chi connectivity index (χ3v) is 4.30. The summed E-state index contributed by atoms with van der Waals surface area (Å²) in [6.07, 6.45) is 0. The van der Waals surface area contributed by atoms with Crippen LogP contribution >= 0.6 is 15.9 Å². The van der Waals surface area contributed by atoms with E-state index in [1.807, 2.05) is 45.0 Å². The number of hydrogen-bond donors (Lipinski definition) is 0. The number of carbonyl (C=O) groups excluding carboxylic acids is 1. The number of halogens is 1. The van der Waals surface area contributed by atoms with Gasteiger partial charge in [-0.2, -0.15) is 0 Å². The van der Waals surface area contributed by atoms with Crippen molar-refractivity contribution >= 4 is 21.9 Å². The summed E-state index contributed by atoms with van der Waals surface area (Å²) < 4.78 is 11.3. The Hall–Kier alpha value is -1.62. The molecule has 0 N–H and O–H groups in total. The van der Waals surface area contributed by atoms with Crippen LogP contribution < -0.4 is 0 Å². The first-order valence-electron chi connectivity index (χ1n) is 6.75. The number of aryl methyl sites for hydroxylation is 1. The second-order valence-corrected chi connectivity index (χ2v) is 6.18. The molecule has 0 spiro atoms. The number of methoxy groups -OCH3 is 1. The molecule has 0 saturated carbocycles. The summed E-state index contributed by atoms with van der Waals surface area (Å²) in [6, 6.07) is 7.76. The van der Waals surface area contributed by atoms with Gasteiger partial charge in [0.15, 0.2) is 5.76 Å². The van der Waals surface area contributed by atoms with Crippen molar-refractivity contribution in [2.24, 2.45) is 5.92 Å². The lowest BCUT2D eigenvalue weighted by Gasteiger charge is -2.14. The first-order valence-corrected chi connectivity index (χ1v) is 7.54. The number of hydrogen-bond acceptors (Lipinski definition) is 4. The lowest BCUT2D eigenvalue weighted by atomic mass is 9.93. The molecule has 0 aliphatic rings. The fourth-order valence-corrected chi connectivity index (χ4v) is 2.47. The van der Waals surface area contributed by atoms with Crippen molar-refractivity contribution in [1.29, 1.82) is 0 Å². The van der Waals surface area contributed by atoms with Crippen LogP contribution in [0.3, 0.4) is 0 Å². The Bertz CT molecular complexity index is 649. The molecule has 4 nitrogen and oxygen atoms in total. The van der Waals surface area contributed by atoms with Crippen molar-refractivity contribution in [3.8, 4) is 11.3 Å². The van der Waals surface area contributed by atoms with Crippen molar-refractivity contribution in [2.75, 3.05) is 7.11 Å². The molecule has 1 heterocycles. The number of rotatable bonds is 4. The van der Waals surface area contributed by atoms with Crippen LogP contribution in [0.5, 0.6) is 0 Å². The monoisotopic (exact) mass is 351 g/mol. The van der Waals surface area contributed by atoms with Crippen LogP contribution in [0.15, 0.2) is 33.3 Å². The number of nitrogens with zero attached hydrogens (tertiary/aromatic N) is 1. The fraction of sp³-hybridized carbons (Fsp3) is 0.375. The lowest BCUT2D eigenvalue weighted by molar-refractivity contribution is -0.144. The average molecular weight is 352 g/mol. The van der Waals surface area contributed by atoms with Gasteiger partial charge in [0, 0.05) is 16.1 Å². The largest absolute Gasteiger partial charge is 0.468 e. The van der Waals surface area contributed by atoms with Gasteiger partial charge in [0.2, 0.25) is 0 Å². The van der Waals surface area contributed by atoms with Crippen molar-refractivity contribution in [3.05, 3.63) is 40.1 Å². The Labute approximate surface area is 132 Å². The maximum atomic E-state index is 11.9. The van der Waals surface area contributed by atoms with E-state index in [4.69, 9.17) is 9.26 Å². The minimum atomic E-state index is -0.437. The third kappa shape index (κ3) is 3.35. The summed E-state index contributed by atoms with van der Waals surface area (Å²) in [7, 11) is 1.38. The molecule has 2 rings (SSSR count). The molecule has 112 valence electrons. The molecular weight excluding hydrogens is 334 g/mol. The van der Waals surface area contributed by atoms with Gasteiger partial charge < -0.3 is 9.26 Å². The van der Waals surface area contributed by atoms with Crippen LogP contribution in [0.2, 0.25) is 0 Å². The average Bonchev–Trinajstić information content (AvgIpc) is 2.90. The van der Waals surface area contributed by atoms with Gasteiger partial charge in [0.25, 0.3) is 0 Å². The molecule has 5 heteroatoms. The van der Waals surface area contributed by atoms with Gasteiger partial charge in [-0.15, -0.1) is 0 Å². The van der Waals surface area contributed by atoms with Gasteiger partial charge in [-0.25, -0.2) is 0 Å². The van der Waals surface area contributed by atoms with Gasteiger partial charge in [-0.05, 0) is 30.5 Å². The normalized spacial score (nSPS) is 12.5. The van der Waals surface area contributed by atoms with Crippen LogP contribution in [0.25, 0.3) is 11.3 Å². The van der Waals surface area contributed by atoms with E-state index in [9.17, 15) is 4.79 Å². The second-order valence-electron chi connectivity index (χ2n) is 5.32. The van der Waals surface area contributed by atoms with Crippen LogP contribution in [-0.2, 0) is 9.53 Å². The van der Waals surface area contributed by atoms with E-state index in [0.717, 1.165) is 21.3 Å². The minimum Gasteiger partial charge on any atom is -0.468 e. The molecule has 1 unspecified atom stereocenters. The van der Waals surface area contributed by atoms with E-state index >= 15 is 0 Å². The number of esters is 1. The Morgan fingerprint density at radius 2 is 2.05 bits per heavy atom. The Morgan fingerprint density at radius 3 is 2.62 bits per heavy atom.